The summed E-state index contributed by atoms with van der Waals surface area (Å²) in [5, 5.41) is 0. The topological polar surface area (TPSA) is 0 Å². The van der Waals surface area contributed by atoms with Crippen molar-refractivity contribution in [3.63, 3.8) is 0 Å². The summed E-state index contributed by atoms with van der Waals surface area (Å²) < 4.78 is 0. The summed E-state index contributed by atoms with van der Waals surface area (Å²) in [6, 6.07) is 0. The molecule has 186 valence electrons. The van der Waals surface area contributed by atoms with Gasteiger partial charge in [-0.3, -0.25) is 0 Å². The first-order valence-electron chi connectivity index (χ1n) is 15.1. The molecule has 0 aromatic carbocycles. The molecule has 0 aromatic heterocycles. The Kier molecular flexibility index (Phi) is 7.24. The minimum absolute atomic E-state index is 0.647. The maximum Gasteiger partial charge on any atom is -0.0261 e. The molecule has 0 nitrogen and oxygen atoms in total. The van der Waals surface area contributed by atoms with Crippen molar-refractivity contribution in [2.75, 3.05) is 0 Å². The molecule has 0 radical (unpaired) electrons. The fraction of sp³-hybridized carbons (Fsp3) is 1.00. The van der Waals surface area contributed by atoms with E-state index in [1.807, 2.05) is 0 Å². The lowest BCUT2D eigenvalue weighted by Crippen LogP contribution is -2.60. The molecule has 0 spiro atoms. The molecule has 4 aliphatic rings. The van der Waals surface area contributed by atoms with E-state index in [1.54, 1.807) is 19.3 Å². The molecule has 0 N–H and O–H groups in total. The summed E-state index contributed by atoms with van der Waals surface area (Å²) in [6.45, 7) is 25.6. The fourth-order valence-corrected chi connectivity index (χ4v) is 10.8. The standard InChI is InChI=1S/C32H58/c1-11-13-24-15-25(16-26(24)19(5)12-2)28-17-32(10)23(9)30(31(32)22(28)8)27-14-20(6)29(27)21(7)18(3)4/h18-31H,11-17H2,1-10H3. The van der Waals surface area contributed by atoms with Gasteiger partial charge in [0.05, 0.1) is 0 Å². The molecule has 0 heteroatoms. The van der Waals surface area contributed by atoms with E-state index in [0.717, 1.165) is 82.9 Å². The van der Waals surface area contributed by atoms with Gasteiger partial charge in [-0.2, -0.15) is 0 Å². The van der Waals surface area contributed by atoms with Crippen molar-refractivity contribution in [1.29, 1.82) is 0 Å². The highest BCUT2D eigenvalue weighted by Gasteiger charge is 2.68. The molecular formula is C32H58. The van der Waals surface area contributed by atoms with Crippen LogP contribution in [-0.2, 0) is 0 Å². The quantitative estimate of drug-likeness (QED) is 0.351. The van der Waals surface area contributed by atoms with Gasteiger partial charge < -0.3 is 0 Å². The van der Waals surface area contributed by atoms with Crippen molar-refractivity contribution >= 4 is 0 Å². The first-order valence-corrected chi connectivity index (χ1v) is 15.1. The smallest absolute Gasteiger partial charge is 0.0261 e. The van der Waals surface area contributed by atoms with Gasteiger partial charge in [0, 0.05) is 0 Å². The van der Waals surface area contributed by atoms with E-state index in [2.05, 4.69) is 69.2 Å². The third-order valence-electron chi connectivity index (χ3n) is 13.1. The van der Waals surface area contributed by atoms with Gasteiger partial charge in [0.2, 0.25) is 0 Å². The molecule has 0 saturated heterocycles. The van der Waals surface area contributed by atoms with E-state index in [1.165, 1.54) is 25.7 Å². The van der Waals surface area contributed by atoms with Gasteiger partial charge in [0.15, 0.2) is 0 Å². The highest BCUT2D eigenvalue weighted by atomic mass is 14.7. The molecule has 4 fully saturated rings. The molecule has 14 unspecified atom stereocenters. The highest BCUT2D eigenvalue weighted by Crippen LogP contribution is 2.74. The fourth-order valence-electron chi connectivity index (χ4n) is 10.8. The Morgan fingerprint density at radius 2 is 1.59 bits per heavy atom. The summed E-state index contributed by atoms with van der Waals surface area (Å²) in [5.41, 5.74) is 0.647. The second kappa shape index (κ2) is 9.22. The average molecular weight is 443 g/mol. The summed E-state index contributed by atoms with van der Waals surface area (Å²) in [7, 11) is 0. The van der Waals surface area contributed by atoms with Crippen LogP contribution < -0.4 is 0 Å². The van der Waals surface area contributed by atoms with Crippen LogP contribution in [0.5, 0.6) is 0 Å². The summed E-state index contributed by atoms with van der Waals surface area (Å²) in [4.78, 5) is 0. The Hall–Kier alpha value is 0. The van der Waals surface area contributed by atoms with Crippen molar-refractivity contribution in [2.24, 2.45) is 88.3 Å². The second-order valence-corrected chi connectivity index (χ2v) is 14.5. The Morgan fingerprint density at radius 1 is 0.906 bits per heavy atom. The lowest BCUT2D eigenvalue weighted by atomic mass is 9.39. The van der Waals surface area contributed by atoms with Crippen molar-refractivity contribution in [2.45, 2.75) is 114 Å². The van der Waals surface area contributed by atoms with Crippen LogP contribution >= 0.6 is 0 Å². The summed E-state index contributed by atoms with van der Waals surface area (Å²) in [5.74, 6) is 13.7. The molecule has 0 aliphatic heterocycles. The maximum absolute atomic E-state index is 2.73. The third-order valence-corrected chi connectivity index (χ3v) is 13.1. The first-order chi connectivity index (χ1) is 15.1. The van der Waals surface area contributed by atoms with Gasteiger partial charge in [-0.05, 0) is 114 Å². The predicted octanol–water partition coefficient (Wildman–Crippen LogP) is 9.58. The molecule has 0 aromatic rings. The molecule has 0 bridgehead atoms. The predicted molar refractivity (Wildman–Crippen MR) is 140 cm³/mol. The SMILES string of the molecule is CCCC1CC(C2CC3(C)C(C)C(C4CC(C)C4C(C)C(C)C)C3C2C)CC1C(C)CC. The molecule has 32 heavy (non-hydrogen) atoms. The van der Waals surface area contributed by atoms with Gasteiger partial charge in [-0.15, -0.1) is 0 Å². The Morgan fingerprint density at radius 3 is 2.16 bits per heavy atom. The molecule has 4 aliphatic carbocycles. The van der Waals surface area contributed by atoms with Gasteiger partial charge in [-0.1, -0.05) is 88.5 Å². The van der Waals surface area contributed by atoms with E-state index in [-0.39, 0.29) is 0 Å². The van der Waals surface area contributed by atoms with Crippen LogP contribution in [0.2, 0.25) is 0 Å². The monoisotopic (exact) mass is 442 g/mol. The Bertz CT molecular complexity index is 634. The second-order valence-electron chi connectivity index (χ2n) is 14.5. The normalized spacial score (nSPS) is 52.4. The zero-order chi connectivity index (χ0) is 23.5. The van der Waals surface area contributed by atoms with E-state index >= 15 is 0 Å². The Labute approximate surface area is 202 Å². The van der Waals surface area contributed by atoms with E-state index in [0.29, 0.717) is 5.41 Å². The third kappa shape index (κ3) is 3.75. The van der Waals surface area contributed by atoms with Gasteiger partial charge >= 0.3 is 0 Å². The average Bonchev–Trinajstić information content (AvgIpc) is 3.25. The van der Waals surface area contributed by atoms with Crippen molar-refractivity contribution in [3.05, 3.63) is 0 Å². The van der Waals surface area contributed by atoms with E-state index in [4.69, 9.17) is 0 Å². The van der Waals surface area contributed by atoms with Crippen LogP contribution in [0, 0.1) is 88.3 Å². The maximum atomic E-state index is 2.73. The van der Waals surface area contributed by atoms with Crippen LogP contribution in [0.1, 0.15) is 114 Å². The number of fused-ring (bicyclic) bond motifs is 1. The molecule has 4 saturated carbocycles. The van der Waals surface area contributed by atoms with E-state index < -0.39 is 0 Å². The molecule has 0 amide bonds. The molecule has 0 heterocycles. The van der Waals surface area contributed by atoms with Crippen LogP contribution in [0.4, 0.5) is 0 Å². The van der Waals surface area contributed by atoms with Crippen LogP contribution in [0.15, 0.2) is 0 Å². The molecular weight excluding hydrogens is 384 g/mol. The van der Waals surface area contributed by atoms with Gasteiger partial charge in [-0.25, -0.2) is 0 Å². The largest absolute Gasteiger partial charge is 0.0654 e. The summed E-state index contributed by atoms with van der Waals surface area (Å²) in [6.07, 6.45) is 10.5. The zero-order valence-electron chi connectivity index (χ0n) is 23.5. The zero-order valence-corrected chi connectivity index (χ0v) is 23.5. The first kappa shape index (κ1) is 25.1. The highest BCUT2D eigenvalue weighted by molar-refractivity contribution is 5.16. The van der Waals surface area contributed by atoms with Crippen LogP contribution in [0.3, 0.4) is 0 Å². The molecule has 14 atom stereocenters. The Balaban J connectivity index is 1.50. The lowest BCUT2D eigenvalue weighted by molar-refractivity contribution is -0.176. The number of hydrogen-bond acceptors (Lipinski definition) is 0. The number of rotatable bonds is 8. The van der Waals surface area contributed by atoms with E-state index in [9.17, 15) is 0 Å². The van der Waals surface area contributed by atoms with Gasteiger partial charge in [0.1, 0.15) is 0 Å². The minimum atomic E-state index is 0.647. The molecule has 4 rings (SSSR count). The van der Waals surface area contributed by atoms with Crippen LogP contribution in [0.25, 0.3) is 0 Å². The van der Waals surface area contributed by atoms with Crippen molar-refractivity contribution in [1.82, 2.24) is 0 Å². The summed E-state index contributed by atoms with van der Waals surface area (Å²) >= 11 is 0. The lowest BCUT2D eigenvalue weighted by Gasteiger charge is -2.65. The van der Waals surface area contributed by atoms with Crippen LogP contribution in [-0.4, -0.2) is 0 Å². The van der Waals surface area contributed by atoms with Gasteiger partial charge in [0.25, 0.3) is 0 Å². The van der Waals surface area contributed by atoms with Crippen molar-refractivity contribution in [3.8, 4) is 0 Å². The van der Waals surface area contributed by atoms with Crippen molar-refractivity contribution < 1.29 is 0 Å². The number of hydrogen-bond donors (Lipinski definition) is 0. The minimum Gasteiger partial charge on any atom is -0.0654 e.